The second-order valence-corrected chi connectivity index (χ2v) is 4.25. The first-order valence-electron chi connectivity index (χ1n) is 4.57. The Morgan fingerprint density at radius 3 is 2.31 bits per heavy atom. The van der Waals surface area contributed by atoms with Crippen molar-refractivity contribution < 1.29 is 13.2 Å². The summed E-state index contributed by atoms with van der Waals surface area (Å²) in [5, 5.41) is 0.713. The van der Waals surface area contributed by atoms with Crippen molar-refractivity contribution in [1.82, 2.24) is 0 Å². The average molecular weight is 272 g/mol. The van der Waals surface area contributed by atoms with Crippen molar-refractivity contribution >= 4 is 23.2 Å². The molecular formula is C10H10Cl2F3N. The van der Waals surface area contributed by atoms with Crippen LogP contribution in [0.25, 0.3) is 0 Å². The van der Waals surface area contributed by atoms with Gasteiger partial charge in [-0.25, -0.2) is 0 Å². The van der Waals surface area contributed by atoms with Crippen LogP contribution in [0.15, 0.2) is 18.2 Å². The average Bonchev–Trinajstić information content (AvgIpc) is 2.18. The van der Waals surface area contributed by atoms with Crippen molar-refractivity contribution in [2.75, 3.05) is 0 Å². The molecule has 1 aromatic carbocycles. The van der Waals surface area contributed by atoms with Crippen LogP contribution in [0.5, 0.6) is 0 Å². The topological polar surface area (TPSA) is 26.0 Å². The van der Waals surface area contributed by atoms with Gasteiger partial charge in [-0.05, 0) is 30.5 Å². The van der Waals surface area contributed by atoms with Crippen molar-refractivity contribution in [2.24, 2.45) is 5.73 Å². The molecule has 0 aliphatic rings. The lowest BCUT2D eigenvalue weighted by atomic mass is 10.1. The summed E-state index contributed by atoms with van der Waals surface area (Å²) in [4.78, 5) is 0. The zero-order valence-electron chi connectivity index (χ0n) is 8.19. The third-order valence-corrected chi connectivity index (χ3v) is 2.89. The van der Waals surface area contributed by atoms with Gasteiger partial charge in [-0.15, -0.1) is 0 Å². The monoisotopic (exact) mass is 271 g/mol. The van der Waals surface area contributed by atoms with E-state index in [-0.39, 0.29) is 12.8 Å². The van der Waals surface area contributed by atoms with Crippen LogP contribution in [-0.4, -0.2) is 12.2 Å². The number of hydrogen-bond acceptors (Lipinski definition) is 1. The maximum absolute atomic E-state index is 12.1. The molecule has 1 aromatic rings. The van der Waals surface area contributed by atoms with E-state index in [9.17, 15) is 13.2 Å². The summed E-state index contributed by atoms with van der Waals surface area (Å²) in [5.41, 5.74) is 5.67. The van der Waals surface area contributed by atoms with E-state index in [0.29, 0.717) is 15.6 Å². The first-order chi connectivity index (χ1) is 7.30. The minimum atomic E-state index is -4.35. The molecule has 0 aliphatic carbocycles. The lowest BCUT2D eigenvalue weighted by Gasteiger charge is -2.15. The number of benzene rings is 1. The first kappa shape index (κ1) is 13.6. The summed E-state index contributed by atoms with van der Waals surface area (Å²) >= 11 is 11.4. The second-order valence-electron chi connectivity index (χ2n) is 3.44. The predicted octanol–water partition coefficient (Wildman–Crippen LogP) is 3.82. The molecule has 6 heteroatoms. The number of aryl methyl sites for hydroxylation is 1. The largest absolute Gasteiger partial charge is 0.403 e. The van der Waals surface area contributed by atoms with Crippen molar-refractivity contribution in [3.63, 3.8) is 0 Å². The lowest BCUT2D eigenvalue weighted by Crippen LogP contribution is -2.37. The van der Waals surface area contributed by atoms with Crippen LogP contribution in [0.2, 0.25) is 10.0 Å². The molecule has 0 radical (unpaired) electrons. The van der Waals surface area contributed by atoms with Gasteiger partial charge in [0.25, 0.3) is 0 Å². The van der Waals surface area contributed by atoms with Crippen LogP contribution >= 0.6 is 23.2 Å². The summed E-state index contributed by atoms with van der Waals surface area (Å²) in [6, 6.07) is 2.93. The fourth-order valence-corrected chi connectivity index (χ4v) is 1.50. The highest BCUT2D eigenvalue weighted by molar-refractivity contribution is 6.42. The standard InChI is InChI=1S/C10H10Cl2F3N/c11-7-3-1-6(5-8(7)12)2-4-9(16)10(13,14)15/h1,3,5,9H,2,4,16H2. The Kier molecular flexibility index (Phi) is 4.47. The Labute approximate surface area is 101 Å². The van der Waals surface area contributed by atoms with Gasteiger partial charge in [0.2, 0.25) is 0 Å². The van der Waals surface area contributed by atoms with Gasteiger partial charge >= 0.3 is 6.18 Å². The highest BCUT2D eigenvalue weighted by Crippen LogP contribution is 2.25. The van der Waals surface area contributed by atoms with E-state index in [2.05, 4.69) is 0 Å². The van der Waals surface area contributed by atoms with Crippen LogP contribution in [0.1, 0.15) is 12.0 Å². The number of halogens is 5. The second kappa shape index (κ2) is 5.25. The van der Waals surface area contributed by atoms with Gasteiger partial charge in [0.1, 0.15) is 6.04 Å². The molecule has 1 unspecified atom stereocenters. The summed E-state index contributed by atoms with van der Waals surface area (Å²) in [7, 11) is 0. The third kappa shape index (κ3) is 3.85. The number of rotatable bonds is 3. The van der Waals surface area contributed by atoms with E-state index in [4.69, 9.17) is 28.9 Å². The fourth-order valence-electron chi connectivity index (χ4n) is 1.18. The van der Waals surface area contributed by atoms with Gasteiger partial charge in [-0.1, -0.05) is 29.3 Å². The molecule has 0 spiro atoms. The third-order valence-electron chi connectivity index (χ3n) is 2.15. The molecule has 2 N–H and O–H groups in total. The van der Waals surface area contributed by atoms with Gasteiger partial charge in [0.15, 0.2) is 0 Å². The van der Waals surface area contributed by atoms with Crippen molar-refractivity contribution in [1.29, 1.82) is 0 Å². The van der Waals surface area contributed by atoms with E-state index < -0.39 is 12.2 Å². The Balaban J connectivity index is 2.58. The minimum Gasteiger partial charge on any atom is -0.320 e. The number of alkyl halides is 3. The molecule has 0 amide bonds. The lowest BCUT2D eigenvalue weighted by molar-refractivity contribution is -0.148. The molecule has 0 bridgehead atoms. The molecule has 0 aliphatic heterocycles. The molecule has 0 saturated heterocycles. The molecule has 1 nitrogen and oxygen atoms in total. The minimum absolute atomic E-state index is 0.165. The van der Waals surface area contributed by atoms with Crippen LogP contribution in [0.4, 0.5) is 13.2 Å². The van der Waals surface area contributed by atoms with Gasteiger partial charge in [0, 0.05) is 0 Å². The van der Waals surface area contributed by atoms with Gasteiger partial charge in [-0.3, -0.25) is 0 Å². The first-order valence-corrected chi connectivity index (χ1v) is 5.32. The fraction of sp³-hybridized carbons (Fsp3) is 0.400. The highest BCUT2D eigenvalue weighted by Gasteiger charge is 2.35. The van der Waals surface area contributed by atoms with E-state index in [1.807, 2.05) is 0 Å². The quantitative estimate of drug-likeness (QED) is 0.889. The predicted molar refractivity (Wildman–Crippen MR) is 58.8 cm³/mol. The van der Waals surface area contributed by atoms with Crippen molar-refractivity contribution in [3.05, 3.63) is 33.8 Å². The number of hydrogen-bond donors (Lipinski definition) is 1. The summed E-state index contributed by atoms with van der Waals surface area (Å²) in [6.07, 6.45) is -4.30. The van der Waals surface area contributed by atoms with Crippen LogP contribution in [0.3, 0.4) is 0 Å². The Hall–Kier alpha value is -0.450. The van der Waals surface area contributed by atoms with E-state index in [1.54, 1.807) is 18.2 Å². The maximum Gasteiger partial charge on any atom is 0.403 e. The van der Waals surface area contributed by atoms with E-state index in [0.717, 1.165) is 0 Å². The SMILES string of the molecule is NC(CCc1ccc(Cl)c(Cl)c1)C(F)(F)F. The van der Waals surface area contributed by atoms with Crippen LogP contribution in [-0.2, 0) is 6.42 Å². The molecule has 0 heterocycles. The molecule has 0 aromatic heterocycles. The molecule has 1 rings (SSSR count). The zero-order valence-corrected chi connectivity index (χ0v) is 9.70. The summed E-state index contributed by atoms with van der Waals surface area (Å²) in [6.45, 7) is 0. The smallest absolute Gasteiger partial charge is 0.320 e. The normalized spacial score (nSPS) is 13.9. The van der Waals surface area contributed by atoms with Gasteiger partial charge in [-0.2, -0.15) is 13.2 Å². The van der Waals surface area contributed by atoms with Gasteiger partial charge < -0.3 is 5.73 Å². The molecule has 16 heavy (non-hydrogen) atoms. The Morgan fingerprint density at radius 1 is 1.19 bits per heavy atom. The summed E-state index contributed by atoms with van der Waals surface area (Å²) in [5.74, 6) is 0. The zero-order chi connectivity index (χ0) is 12.3. The van der Waals surface area contributed by atoms with E-state index in [1.165, 1.54) is 0 Å². The van der Waals surface area contributed by atoms with Crippen molar-refractivity contribution in [2.45, 2.75) is 25.1 Å². The molecule has 1 atom stereocenters. The molecule has 0 fully saturated rings. The maximum atomic E-state index is 12.1. The molecule has 90 valence electrons. The van der Waals surface area contributed by atoms with Crippen LogP contribution in [0, 0.1) is 0 Å². The Morgan fingerprint density at radius 2 is 1.81 bits per heavy atom. The summed E-state index contributed by atoms with van der Waals surface area (Å²) < 4.78 is 36.4. The molecular weight excluding hydrogens is 262 g/mol. The molecule has 0 saturated carbocycles. The number of nitrogens with two attached hydrogens (primary N) is 1. The highest BCUT2D eigenvalue weighted by atomic mass is 35.5. The van der Waals surface area contributed by atoms with E-state index >= 15 is 0 Å². The van der Waals surface area contributed by atoms with Crippen molar-refractivity contribution in [3.8, 4) is 0 Å². The van der Waals surface area contributed by atoms with Gasteiger partial charge in [0.05, 0.1) is 10.0 Å². The Bertz CT molecular complexity index is 366. The van der Waals surface area contributed by atoms with Crippen LogP contribution < -0.4 is 5.73 Å².